The first-order valence-corrected chi connectivity index (χ1v) is 13.1. The van der Waals surface area contributed by atoms with Crippen molar-refractivity contribution < 1.29 is 0 Å². The predicted molar refractivity (Wildman–Crippen MR) is 154 cm³/mol. The maximum atomic E-state index is 4.87. The molecule has 1 aliphatic carbocycles. The minimum absolute atomic E-state index is 0.353. The molecule has 9 nitrogen and oxygen atoms in total. The van der Waals surface area contributed by atoms with E-state index in [0.717, 1.165) is 39.8 Å². The zero-order valence-electron chi connectivity index (χ0n) is 21.7. The van der Waals surface area contributed by atoms with Crippen LogP contribution in [0.2, 0.25) is 0 Å². The van der Waals surface area contributed by atoms with Gasteiger partial charge in [0.2, 0.25) is 0 Å². The van der Waals surface area contributed by atoms with Crippen molar-refractivity contribution in [2.45, 2.75) is 13.3 Å². The average Bonchev–Trinajstić information content (AvgIpc) is 3.80. The van der Waals surface area contributed by atoms with Crippen LogP contribution in [0.3, 0.4) is 0 Å². The van der Waals surface area contributed by atoms with Gasteiger partial charge in [-0.05, 0) is 30.5 Å². The molecular formula is C31H25N9. The van der Waals surface area contributed by atoms with Crippen molar-refractivity contribution in [3.8, 4) is 56.9 Å². The molecule has 0 amide bonds. The van der Waals surface area contributed by atoms with Gasteiger partial charge >= 0.3 is 0 Å². The summed E-state index contributed by atoms with van der Waals surface area (Å²) >= 11 is 0. The lowest BCUT2D eigenvalue weighted by molar-refractivity contribution is 0.749. The van der Waals surface area contributed by atoms with Crippen LogP contribution in [0.15, 0.2) is 97.1 Å². The Balaban J connectivity index is 1.32. The van der Waals surface area contributed by atoms with Crippen molar-refractivity contribution in [1.29, 1.82) is 0 Å². The lowest BCUT2D eigenvalue weighted by Gasteiger charge is -2.13. The fourth-order valence-electron chi connectivity index (χ4n) is 4.81. The van der Waals surface area contributed by atoms with Crippen LogP contribution in [-0.4, -0.2) is 45.5 Å². The Morgan fingerprint density at radius 3 is 1.70 bits per heavy atom. The van der Waals surface area contributed by atoms with Crippen molar-refractivity contribution in [3.05, 3.63) is 103 Å². The number of rotatable bonds is 6. The van der Waals surface area contributed by atoms with Crippen LogP contribution in [-0.2, 0) is 0 Å². The molecule has 0 radical (unpaired) electrons. The Morgan fingerprint density at radius 2 is 1.07 bits per heavy atom. The lowest BCUT2D eigenvalue weighted by atomic mass is 9.93. The average molecular weight is 524 g/mol. The third-order valence-corrected chi connectivity index (χ3v) is 6.96. The van der Waals surface area contributed by atoms with E-state index in [0.29, 0.717) is 40.9 Å². The molecule has 0 saturated carbocycles. The van der Waals surface area contributed by atoms with Crippen LogP contribution >= 0.6 is 0 Å². The molecule has 0 spiro atoms. The van der Waals surface area contributed by atoms with Gasteiger partial charge in [0.25, 0.3) is 0 Å². The summed E-state index contributed by atoms with van der Waals surface area (Å²) in [6.45, 7) is 2.19. The van der Waals surface area contributed by atoms with Crippen LogP contribution in [0.5, 0.6) is 0 Å². The third-order valence-electron chi connectivity index (χ3n) is 6.96. The molecule has 3 aromatic carbocycles. The van der Waals surface area contributed by atoms with E-state index < -0.39 is 0 Å². The van der Waals surface area contributed by atoms with Crippen LogP contribution in [0.1, 0.15) is 19.2 Å². The number of nitrogens with one attached hydrogen (secondary N) is 3. The fourth-order valence-corrected chi connectivity index (χ4v) is 4.81. The molecule has 0 bridgehead atoms. The first kappa shape index (κ1) is 23.7. The summed E-state index contributed by atoms with van der Waals surface area (Å²) in [5.74, 6) is 4.23. The smallest absolute Gasteiger partial charge is 0.181 e. The van der Waals surface area contributed by atoms with E-state index in [-0.39, 0.29) is 0 Å². The molecule has 0 aliphatic heterocycles. The summed E-state index contributed by atoms with van der Waals surface area (Å²) < 4.78 is 0. The largest absolute Gasteiger partial charge is 0.259 e. The number of nitrogens with zero attached hydrogens (tertiary/aromatic N) is 6. The molecule has 1 unspecified atom stereocenters. The second kappa shape index (κ2) is 10.0. The van der Waals surface area contributed by atoms with Gasteiger partial charge in [0.1, 0.15) is 0 Å². The first-order valence-electron chi connectivity index (χ1n) is 13.1. The van der Waals surface area contributed by atoms with E-state index in [1.54, 1.807) is 0 Å². The van der Waals surface area contributed by atoms with Gasteiger partial charge in [-0.15, -0.1) is 0 Å². The molecule has 3 aromatic heterocycles. The molecule has 0 fully saturated rings. The summed E-state index contributed by atoms with van der Waals surface area (Å²) in [7, 11) is 0. The Kier molecular flexibility index (Phi) is 5.93. The van der Waals surface area contributed by atoms with Crippen molar-refractivity contribution >= 4 is 5.57 Å². The van der Waals surface area contributed by atoms with Gasteiger partial charge in [0, 0.05) is 33.4 Å². The standard InChI is InChI=1S/C31H25N9/c1-19-10-8-9-15-25(19)31-34-30(39-40-31)24-17-22(28-32-26(35-37-28)20-11-4-2-5-12-20)16-23(18-24)29-33-27(36-38-29)21-13-6-3-7-14-21/h2-9,11-19H,10H2,1H3,(H,32,35,37)(H,33,36,38)(H,34,39,40). The van der Waals surface area contributed by atoms with E-state index in [2.05, 4.69) is 55.7 Å². The quantitative estimate of drug-likeness (QED) is 0.233. The predicted octanol–water partition coefficient (Wildman–Crippen LogP) is 6.36. The molecule has 194 valence electrons. The molecule has 1 atom stereocenters. The van der Waals surface area contributed by atoms with Crippen molar-refractivity contribution in [2.24, 2.45) is 5.92 Å². The van der Waals surface area contributed by atoms with Crippen molar-refractivity contribution in [1.82, 2.24) is 45.5 Å². The number of H-pyrrole nitrogens is 3. The van der Waals surface area contributed by atoms with Crippen LogP contribution < -0.4 is 0 Å². The molecule has 3 N–H and O–H groups in total. The second-order valence-corrected chi connectivity index (χ2v) is 9.74. The number of benzene rings is 3. The molecule has 3 heterocycles. The molecule has 1 aliphatic rings. The molecule has 9 heteroatoms. The van der Waals surface area contributed by atoms with E-state index in [4.69, 9.17) is 15.0 Å². The third kappa shape index (κ3) is 4.54. The summed E-state index contributed by atoms with van der Waals surface area (Å²) in [5, 5.41) is 22.8. The van der Waals surface area contributed by atoms with Crippen molar-refractivity contribution in [3.63, 3.8) is 0 Å². The monoisotopic (exact) mass is 523 g/mol. The van der Waals surface area contributed by atoms with E-state index in [1.165, 1.54) is 0 Å². The Bertz CT molecular complexity index is 1750. The topological polar surface area (TPSA) is 125 Å². The maximum Gasteiger partial charge on any atom is 0.181 e. The zero-order valence-corrected chi connectivity index (χ0v) is 21.7. The van der Waals surface area contributed by atoms with Gasteiger partial charge in [0.05, 0.1) is 0 Å². The summed E-state index contributed by atoms with van der Waals surface area (Å²) in [5.41, 5.74) is 5.50. The van der Waals surface area contributed by atoms with Gasteiger partial charge < -0.3 is 0 Å². The van der Waals surface area contributed by atoms with E-state index in [9.17, 15) is 0 Å². The van der Waals surface area contributed by atoms with Gasteiger partial charge in [-0.3, -0.25) is 15.3 Å². The summed E-state index contributed by atoms with van der Waals surface area (Å²) in [6.07, 6.45) is 7.28. The van der Waals surface area contributed by atoms with E-state index >= 15 is 0 Å². The van der Waals surface area contributed by atoms with E-state index in [1.807, 2.05) is 78.9 Å². The highest BCUT2D eigenvalue weighted by atomic mass is 15.2. The van der Waals surface area contributed by atoms with Gasteiger partial charge in [0.15, 0.2) is 34.9 Å². The molecule has 0 saturated heterocycles. The van der Waals surface area contributed by atoms with Crippen LogP contribution in [0.25, 0.3) is 62.5 Å². The highest BCUT2D eigenvalue weighted by Crippen LogP contribution is 2.32. The first-order chi connectivity index (χ1) is 19.7. The molecule has 40 heavy (non-hydrogen) atoms. The minimum atomic E-state index is 0.353. The Hall–Kier alpha value is -5.44. The molecular weight excluding hydrogens is 498 g/mol. The number of hydrogen-bond donors (Lipinski definition) is 3. The number of aromatic amines is 3. The number of hydrogen-bond acceptors (Lipinski definition) is 6. The SMILES string of the molecule is CC1CC=CC=C1c1n[nH]c(-c2cc(-c3n[nH]c(-c4ccccc4)n3)cc(-c3nc(-c4ccccc4)n[nH]3)c2)n1. The summed E-state index contributed by atoms with van der Waals surface area (Å²) in [6, 6.07) is 25.8. The Morgan fingerprint density at radius 1 is 0.575 bits per heavy atom. The zero-order chi connectivity index (χ0) is 26.9. The molecule has 6 aromatic rings. The van der Waals surface area contributed by atoms with Gasteiger partial charge in [-0.1, -0.05) is 85.8 Å². The number of allylic oxidation sites excluding steroid dienone is 4. The highest BCUT2D eigenvalue weighted by molar-refractivity contribution is 5.77. The van der Waals surface area contributed by atoms with Crippen LogP contribution in [0.4, 0.5) is 0 Å². The minimum Gasteiger partial charge on any atom is -0.259 e. The lowest BCUT2D eigenvalue weighted by Crippen LogP contribution is -2.02. The van der Waals surface area contributed by atoms with Crippen molar-refractivity contribution in [2.75, 3.05) is 0 Å². The number of aromatic nitrogens is 9. The normalized spacial score (nSPS) is 14.8. The van der Waals surface area contributed by atoms with Gasteiger partial charge in [-0.2, -0.15) is 15.3 Å². The maximum absolute atomic E-state index is 4.87. The van der Waals surface area contributed by atoms with Gasteiger partial charge in [-0.25, -0.2) is 15.0 Å². The molecule has 7 rings (SSSR count). The second-order valence-electron chi connectivity index (χ2n) is 9.74. The fraction of sp³-hybridized carbons (Fsp3) is 0.0968. The van der Waals surface area contributed by atoms with Crippen LogP contribution in [0, 0.1) is 5.92 Å². The Labute approximate surface area is 230 Å². The summed E-state index contributed by atoms with van der Waals surface area (Å²) in [4.78, 5) is 14.4. The highest BCUT2D eigenvalue weighted by Gasteiger charge is 2.19.